The Kier molecular flexibility index (Phi) is 5.20. The van der Waals surface area contributed by atoms with Crippen molar-refractivity contribution in [3.05, 3.63) is 47.0 Å². The molecule has 6 nitrogen and oxygen atoms in total. The molecule has 0 spiro atoms. The summed E-state index contributed by atoms with van der Waals surface area (Å²) in [5.74, 6) is 0.477. The van der Waals surface area contributed by atoms with Crippen molar-refractivity contribution >= 4 is 17.5 Å². The molecule has 0 fully saturated rings. The molecule has 6 heteroatoms. The highest BCUT2D eigenvalue weighted by Gasteiger charge is 2.32. The third kappa shape index (κ3) is 3.43. The first kappa shape index (κ1) is 18.7. The summed E-state index contributed by atoms with van der Waals surface area (Å²) < 4.78 is 1.96. The van der Waals surface area contributed by atoms with Crippen LogP contribution in [0.4, 0.5) is 5.69 Å². The van der Waals surface area contributed by atoms with Crippen molar-refractivity contribution < 1.29 is 9.59 Å². The maximum Gasteiger partial charge on any atom is 0.287 e. The minimum Gasteiger partial charge on any atom is -0.349 e. The van der Waals surface area contributed by atoms with Crippen LogP contribution in [-0.2, 0) is 19.4 Å². The van der Waals surface area contributed by atoms with Crippen LogP contribution in [0.15, 0.2) is 24.3 Å². The Labute approximate surface area is 165 Å². The van der Waals surface area contributed by atoms with Gasteiger partial charge in [0.1, 0.15) is 0 Å². The van der Waals surface area contributed by atoms with E-state index in [9.17, 15) is 9.59 Å². The van der Waals surface area contributed by atoms with Gasteiger partial charge in [-0.25, -0.2) is 4.98 Å². The smallest absolute Gasteiger partial charge is 0.287 e. The first-order valence-electron chi connectivity index (χ1n) is 10.3. The molecular weight excluding hydrogens is 352 g/mol. The van der Waals surface area contributed by atoms with Gasteiger partial charge in [-0.2, -0.15) is 0 Å². The zero-order valence-electron chi connectivity index (χ0n) is 16.7. The first-order valence-corrected chi connectivity index (χ1v) is 10.3. The lowest BCUT2D eigenvalue weighted by atomic mass is 10.0. The molecule has 2 amide bonds. The van der Waals surface area contributed by atoms with Gasteiger partial charge < -0.3 is 14.8 Å². The van der Waals surface area contributed by atoms with Gasteiger partial charge in [-0.05, 0) is 49.7 Å². The van der Waals surface area contributed by atoms with Gasteiger partial charge in [0.2, 0.25) is 0 Å². The van der Waals surface area contributed by atoms with Gasteiger partial charge in [-0.1, -0.05) is 32.0 Å². The molecule has 1 aromatic carbocycles. The summed E-state index contributed by atoms with van der Waals surface area (Å²) in [7, 11) is 0. The number of anilines is 1. The summed E-state index contributed by atoms with van der Waals surface area (Å²) in [5.41, 5.74) is 3.53. The van der Waals surface area contributed by atoms with E-state index in [0.717, 1.165) is 50.0 Å². The van der Waals surface area contributed by atoms with E-state index >= 15 is 0 Å². The van der Waals surface area contributed by atoms with Crippen molar-refractivity contribution in [3.63, 3.8) is 0 Å². The molecule has 0 radical (unpaired) electrons. The van der Waals surface area contributed by atoms with Gasteiger partial charge in [0.25, 0.3) is 11.8 Å². The minimum atomic E-state index is -0.185. The summed E-state index contributed by atoms with van der Waals surface area (Å²) in [6.07, 6.45) is 4.76. The number of hydrogen-bond acceptors (Lipinski definition) is 3. The second kappa shape index (κ2) is 7.78. The average molecular weight is 380 g/mol. The molecule has 0 aliphatic carbocycles. The fraction of sp³-hybridized carbons (Fsp3) is 0.500. The molecule has 0 saturated heterocycles. The monoisotopic (exact) mass is 380 g/mol. The Morgan fingerprint density at radius 3 is 2.75 bits per heavy atom. The number of rotatable bonds is 4. The summed E-state index contributed by atoms with van der Waals surface area (Å²) >= 11 is 0. The molecular formula is C22H28N4O2. The maximum absolute atomic E-state index is 13.5. The van der Waals surface area contributed by atoms with Crippen molar-refractivity contribution in [2.45, 2.75) is 52.5 Å². The van der Waals surface area contributed by atoms with Crippen LogP contribution in [0.25, 0.3) is 0 Å². The van der Waals surface area contributed by atoms with Crippen LogP contribution in [0.2, 0.25) is 0 Å². The molecule has 1 N–H and O–H groups in total. The van der Waals surface area contributed by atoms with Gasteiger partial charge >= 0.3 is 0 Å². The fourth-order valence-electron chi connectivity index (χ4n) is 4.14. The van der Waals surface area contributed by atoms with Crippen LogP contribution in [-0.4, -0.2) is 34.5 Å². The molecule has 0 atom stereocenters. The van der Waals surface area contributed by atoms with E-state index in [0.29, 0.717) is 30.5 Å². The number of aromatic nitrogens is 2. The topological polar surface area (TPSA) is 67.2 Å². The third-order valence-corrected chi connectivity index (χ3v) is 5.55. The summed E-state index contributed by atoms with van der Waals surface area (Å²) in [6.45, 7) is 6.16. The SMILES string of the molecule is CC(C)CNC(=O)c1nc(C(=O)N2CCCc3ccccc32)c2n1CCCC2. The van der Waals surface area contributed by atoms with Crippen LogP contribution in [0, 0.1) is 5.92 Å². The van der Waals surface area contributed by atoms with E-state index in [4.69, 9.17) is 0 Å². The Bertz CT molecular complexity index is 900. The largest absolute Gasteiger partial charge is 0.349 e. The van der Waals surface area contributed by atoms with Gasteiger partial charge in [-0.15, -0.1) is 0 Å². The van der Waals surface area contributed by atoms with E-state index in [1.54, 1.807) is 0 Å². The Hall–Kier alpha value is -2.63. The molecule has 28 heavy (non-hydrogen) atoms. The number of aryl methyl sites for hydroxylation is 1. The number of para-hydroxylation sites is 1. The highest BCUT2D eigenvalue weighted by molar-refractivity contribution is 6.07. The zero-order chi connectivity index (χ0) is 19.7. The normalized spacial score (nSPS) is 15.9. The highest BCUT2D eigenvalue weighted by atomic mass is 16.2. The number of amides is 2. The molecule has 3 heterocycles. The molecule has 2 aliphatic rings. The van der Waals surface area contributed by atoms with E-state index in [-0.39, 0.29) is 11.8 Å². The lowest BCUT2D eigenvalue weighted by molar-refractivity contribution is 0.0933. The van der Waals surface area contributed by atoms with Crippen molar-refractivity contribution in [1.29, 1.82) is 0 Å². The lowest BCUT2D eigenvalue weighted by Crippen LogP contribution is -2.36. The molecule has 0 saturated carbocycles. The number of nitrogens with zero attached hydrogens (tertiary/aromatic N) is 3. The van der Waals surface area contributed by atoms with E-state index in [1.165, 1.54) is 5.56 Å². The first-order chi connectivity index (χ1) is 13.6. The van der Waals surface area contributed by atoms with Gasteiger partial charge in [0, 0.05) is 25.3 Å². The minimum absolute atomic E-state index is 0.0827. The third-order valence-electron chi connectivity index (χ3n) is 5.55. The number of fused-ring (bicyclic) bond motifs is 2. The molecule has 1 aromatic heterocycles. The lowest BCUT2D eigenvalue weighted by Gasteiger charge is -2.29. The maximum atomic E-state index is 13.5. The molecule has 0 bridgehead atoms. The van der Waals surface area contributed by atoms with Gasteiger partial charge in [0.05, 0.1) is 5.69 Å². The standard InChI is InChI=1S/C22H28N4O2/c1-15(2)14-23-21(27)20-24-19(18-11-5-6-12-25(18)20)22(28)26-13-7-9-16-8-3-4-10-17(16)26/h3-4,8,10,15H,5-7,9,11-14H2,1-2H3,(H,23,27). The van der Waals surface area contributed by atoms with Crippen molar-refractivity contribution in [2.24, 2.45) is 5.92 Å². The van der Waals surface area contributed by atoms with Crippen LogP contribution in [0.1, 0.15) is 65.5 Å². The van der Waals surface area contributed by atoms with Crippen LogP contribution in [0.5, 0.6) is 0 Å². The summed E-state index contributed by atoms with van der Waals surface area (Å²) in [5, 5.41) is 2.95. The van der Waals surface area contributed by atoms with Crippen molar-refractivity contribution in [1.82, 2.24) is 14.9 Å². The van der Waals surface area contributed by atoms with E-state index in [2.05, 4.69) is 30.2 Å². The summed E-state index contributed by atoms with van der Waals surface area (Å²) in [6, 6.07) is 8.08. The van der Waals surface area contributed by atoms with Gasteiger partial charge in [0.15, 0.2) is 11.5 Å². The van der Waals surface area contributed by atoms with E-state index < -0.39 is 0 Å². The second-order valence-electron chi connectivity index (χ2n) is 8.13. The van der Waals surface area contributed by atoms with Crippen LogP contribution >= 0.6 is 0 Å². The van der Waals surface area contributed by atoms with Crippen molar-refractivity contribution in [2.75, 3.05) is 18.0 Å². The second-order valence-corrected chi connectivity index (χ2v) is 8.13. The molecule has 2 aliphatic heterocycles. The summed E-state index contributed by atoms with van der Waals surface area (Å²) in [4.78, 5) is 32.6. The van der Waals surface area contributed by atoms with Gasteiger partial charge in [-0.3, -0.25) is 9.59 Å². The predicted octanol–water partition coefficient (Wildman–Crippen LogP) is 3.20. The van der Waals surface area contributed by atoms with Crippen LogP contribution in [0.3, 0.4) is 0 Å². The number of carbonyl (C=O) groups excluding carboxylic acids is 2. The number of imidazole rings is 1. The fourth-order valence-corrected chi connectivity index (χ4v) is 4.14. The Morgan fingerprint density at radius 2 is 1.93 bits per heavy atom. The number of nitrogens with one attached hydrogen (secondary N) is 1. The van der Waals surface area contributed by atoms with E-state index in [1.807, 2.05) is 27.7 Å². The van der Waals surface area contributed by atoms with Crippen molar-refractivity contribution in [3.8, 4) is 0 Å². The molecule has 2 aromatic rings. The quantitative estimate of drug-likeness (QED) is 0.886. The Balaban J connectivity index is 1.68. The number of hydrogen-bond donors (Lipinski definition) is 1. The zero-order valence-corrected chi connectivity index (χ0v) is 16.7. The molecule has 4 rings (SSSR count). The highest BCUT2D eigenvalue weighted by Crippen LogP contribution is 2.30. The van der Waals surface area contributed by atoms with Crippen LogP contribution < -0.4 is 10.2 Å². The number of carbonyl (C=O) groups is 2. The Morgan fingerprint density at radius 1 is 1.11 bits per heavy atom. The molecule has 148 valence electrons. The predicted molar refractivity (Wildman–Crippen MR) is 109 cm³/mol. The number of benzene rings is 1. The average Bonchev–Trinajstić information content (AvgIpc) is 3.11. The molecule has 0 unspecified atom stereocenters.